The Labute approximate surface area is 155 Å². The highest BCUT2D eigenvalue weighted by molar-refractivity contribution is 9.11. The minimum Gasteiger partial charge on any atom is -0.335 e. The standard InChI is InChI=1S/C16H25BrN4O2S/c1-3-12(2)18-16(23)19-15(22)11-21-8-6-20(7-9-21)10-13-4-5-14(17)24-13/h4-5,12H,3,6-11H2,1-2H3,(H2,18,19,22,23)/p+2/t12-/m1/s1. The molecule has 0 bridgehead atoms. The highest BCUT2D eigenvalue weighted by atomic mass is 79.9. The number of imide groups is 1. The number of urea groups is 1. The third kappa shape index (κ3) is 6.51. The lowest BCUT2D eigenvalue weighted by atomic mass is 10.3. The summed E-state index contributed by atoms with van der Waals surface area (Å²) in [6.07, 6.45) is 0.846. The number of amides is 3. The smallest absolute Gasteiger partial charge is 0.321 e. The highest BCUT2D eigenvalue weighted by Gasteiger charge is 2.25. The van der Waals surface area contributed by atoms with Crippen LogP contribution in [0.1, 0.15) is 25.1 Å². The van der Waals surface area contributed by atoms with Gasteiger partial charge in [-0.05, 0) is 41.4 Å². The van der Waals surface area contributed by atoms with E-state index < -0.39 is 0 Å². The minimum atomic E-state index is -0.388. The van der Waals surface area contributed by atoms with Crippen molar-refractivity contribution in [1.29, 1.82) is 0 Å². The van der Waals surface area contributed by atoms with Crippen molar-refractivity contribution in [1.82, 2.24) is 10.6 Å². The van der Waals surface area contributed by atoms with Crippen LogP contribution >= 0.6 is 27.3 Å². The van der Waals surface area contributed by atoms with Crippen molar-refractivity contribution in [2.75, 3.05) is 32.7 Å². The fourth-order valence-electron chi connectivity index (χ4n) is 2.76. The van der Waals surface area contributed by atoms with Gasteiger partial charge in [-0.25, -0.2) is 4.79 Å². The van der Waals surface area contributed by atoms with Crippen molar-refractivity contribution in [2.45, 2.75) is 32.9 Å². The molecule has 3 amide bonds. The van der Waals surface area contributed by atoms with Crippen LogP contribution in [0.15, 0.2) is 15.9 Å². The van der Waals surface area contributed by atoms with Crippen LogP contribution in [0.2, 0.25) is 0 Å². The Bertz CT molecular complexity index is 558. The molecule has 1 fully saturated rings. The fourth-order valence-corrected chi connectivity index (χ4v) is 4.32. The van der Waals surface area contributed by atoms with E-state index in [2.05, 4.69) is 38.7 Å². The van der Waals surface area contributed by atoms with Gasteiger partial charge in [0.25, 0.3) is 5.91 Å². The number of quaternary nitrogens is 2. The Balaban J connectivity index is 1.67. The van der Waals surface area contributed by atoms with E-state index in [1.807, 2.05) is 13.8 Å². The first-order valence-corrected chi connectivity index (χ1v) is 10.1. The molecule has 0 aliphatic carbocycles. The lowest BCUT2D eigenvalue weighted by Crippen LogP contribution is -3.28. The van der Waals surface area contributed by atoms with Gasteiger partial charge in [0.15, 0.2) is 6.54 Å². The largest absolute Gasteiger partial charge is 0.335 e. The second-order valence-corrected chi connectivity index (χ2v) is 8.94. The first kappa shape index (κ1) is 19.4. The number of hydrogen-bond donors (Lipinski definition) is 4. The Morgan fingerprint density at radius 1 is 1.25 bits per heavy atom. The Kier molecular flexibility index (Phi) is 7.67. The zero-order valence-electron chi connectivity index (χ0n) is 14.3. The van der Waals surface area contributed by atoms with Gasteiger partial charge in [-0.2, -0.15) is 0 Å². The van der Waals surface area contributed by atoms with Gasteiger partial charge in [0, 0.05) is 6.04 Å². The summed E-state index contributed by atoms with van der Waals surface area (Å²) in [6, 6.07) is 3.95. The molecule has 134 valence electrons. The molecule has 4 N–H and O–H groups in total. The predicted octanol–water partition coefficient (Wildman–Crippen LogP) is -0.582. The van der Waals surface area contributed by atoms with Crippen LogP contribution in [0.4, 0.5) is 4.79 Å². The number of carbonyl (C=O) groups is 2. The van der Waals surface area contributed by atoms with Crippen LogP contribution in [-0.4, -0.2) is 50.7 Å². The van der Waals surface area contributed by atoms with Gasteiger partial charge in [0.2, 0.25) is 0 Å². The Morgan fingerprint density at radius 2 is 1.92 bits per heavy atom. The number of hydrogen-bond acceptors (Lipinski definition) is 3. The third-order valence-corrected chi connectivity index (χ3v) is 5.99. The summed E-state index contributed by atoms with van der Waals surface area (Å²) in [5, 5.41) is 5.17. The molecule has 1 saturated heterocycles. The van der Waals surface area contributed by atoms with Crippen LogP contribution in [0, 0.1) is 0 Å². The van der Waals surface area contributed by atoms with Crippen molar-refractivity contribution in [2.24, 2.45) is 0 Å². The van der Waals surface area contributed by atoms with E-state index in [1.165, 1.54) is 13.6 Å². The van der Waals surface area contributed by atoms with Gasteiger partial charge in [-0.3, -0.25) is 10.1 Å². The fraction of sp³-hybridized carbons (Fsp3) is 0.625. The van der Waals surface area contributed by atoms with Crippen LogP contribution < -0.4 is 20.4 Å². The Morgan fingerprint density at radius 3 is 2.50 bits per heavy atom. The molecule has 1 aliphatic rings. The average Bonchev–Trinajstić information content (AvgIpc) is 2.94. The molecule has 1 atom stereocenters. The number of halogens is 1. The summed E-state index contributed by atoms with van der Waals surface area (Å²) in [6.45, 7) is 9.36. The maximum atomic E-state index is 12.0. The summed E-state index contributed by atoms with van der Waals surface area (Å²) < 4.78 is 1.17. The number of nitrogens with one attached hydrogen (secondary N) is 4. The van der Waals surface area contributed by atoms with E-state index in [0.717, 1.165) is 39.1 Å². The van der Waals surface area contributed by atoms with E-state index >= 15 is 0 Å². The number of rotatable bonds is 6. The quantitative estimate of drug-likeness (QED) is 0.499. The lowest BCUT2D eigenvalue weighted by molar-refractivity contribution is -1.01. The van der Waals surface area contributed by atoms with Gasteiger partial charge in [-0.15, -0.1) is 11.3 Å². The topological polar surface area (TPSA) is 67.1 Å². The Hall–Kier alpha value is -0.960. The van der Waals surface area contributed by atoms with Crippen molar-refractivity contribution < 1.29 is 19.4 Å². The maximum Gasteiger partial charge on any atom is 0.321 e. The first-order chi connectivity index (χ1) is 11.5. The van der Waals surface area contributed by atoms with Crippen LogP contribution in [0.25, 0.3) is 0 Å². The molecule has 6 nitrogen and oxygen atoms in total. The van der Waals surface area contributed by atoms with Crippen molar-refractivity contribution >= 4 is 39.2 Å². The summed E-state index contributed by atoms with van der Waals surface area (Å²) >= 11 is 5.29. The molecule has 0 aromatic carbocycles. The minimum absolute atomic E-state index is 0.0783. The normalized spacial score (nSPS) is 22.0. The summed E-state index contributed by atoms with van der Waals surface area (Å²) in [5.41, 5.74) is 0. The van der Waals surface area contributed by atoms with Gasteiger partial charge in [0.1, 0.15) is 32.7 Å². The van der Waals surface area contributed by atoms with Crippen molar-refractivity contribution in [3.05, 3.63) is 20.8 Å². The van der Waals surface area contributed by atoms with Gasteiger partial charge >= 0.3 is 6.03 Å². The molecule has 2 heterocycles. The predicted molar refractivity (Wildman–Crippen MR) is 98.4 cm³/mol. The number of carbonyl (C=O) groups excluding carboxylic acids is 2. The van der Waals surface area contributed by atoms with Crippen molar-refractivity contribution in [3.63, 3.8) is 0 Å². The molecule has 1 aromatic heterocycles. The summed E-state index contributed by atoms with van der Waals surface area (Å²) in [7, 11) is 0. The molecule has 0 radical (unpaired) electrons. The highest BCUT2D eigenvalue weighted by Crippen LogP contribution is 2.21. The molecule has 2 rings (SSSR count). The van der Waals surface area contributed by atoms with E-state index in [1.54, 1.807) is 16.2 Å². The van der Waals surface area contributed by atoms with Gasteiger partial charge in [0.05, 0.1) is 8.66 Å². The van der Waals surface area contributed by atoms with E-state index in [9.17, 15) is 9.59 Å². The average molecular weight is 419 g/mol. The summed E-state index contributed by atoms with van der Waals surface area (Å²) in [5.74, 6) is -0.198. The monoisotopic (exact) mass is 418 g/mol. The molecule has 24 heavy (non-hydrogen) atoms. The van der Waals surface area contributed by atoms with E-state index in [0.29, 0.717) is 6.54 Å². The van der Waals surface area contributed by atoms with E-state index in [4.69, 9.17) is 0 Å². The molecular formula is C16H27BrN4O2S+2. The van der Waals surface area contributed by atoms with E-state index in [-0.39, 0.29) is 18.0 Å². The molecule has 0 spiro atoms. The second-order valence-electron chi connectivity index (χ2n) is 6.39. The molecule has 1 aliphatic heterocycles. The zero-order chi connectivity index (χ0) is 17.5. The lowest BCUT2D eigenvalue weighted by Gasteiger charge is -2.29. The maximum absolute atomic E-state index is 12.0. The molecule has 1 aromatic rings. The van der Waals surface area contributed by atoms with Crippen molar-refractivity contribution in [3.8, 4) is 0 Å². The third-order valence-electron chi connectivity index (χ3n) is 4.37. The number of piperazine rings is 1. The molecule has 0 saturated carbocycles. The summed E-state index contributed by atoms with van der Waals surface area (Å²) in [4.78, 5) is 27.8. The van der Waals surface area contributed by atoms with Gasteiger partial charge in [-0.1, -0.05) is 6.92 Å². The molecule has 8 heteroatoms. The SMILES string of the molecule is CC[C@@H](C)NC(=O)NC(=O)C[NH+]1CC[NH+](Cc2ccc(Br)s2)CC1. The second kappa shape index (κ2) is 9.50. The zero-order valence-corrected chi connectivity index (χ0v) is 16.7. The van der Waals surface area contributed by atoms with Crippen LogP contribution in [0.5, 0.6) is 0 Å². The van der Waals surface area contributed by atoms with Gasteiger partial charge < -0.3 is 15.1 Å². The van der Waals surface area contributed by atoms with Crippen LogP contribution in [-0.2, 0) is 11.3 Å². The molecule has 0 unspecified atom stereocenters. The number of thiophene rings is 1. The molecular weight excluding hydrogens is 392 g/mol. The first-order valence-electron chi connectivity index (χ1n) is 8.48. The van der Waals surface area contributed by atoms with Crippen LogP contribution in [0.3, 0.4) is 0 Å².